The summed E-state index contributed by atoms with van der Waals surface area (Å²) in [5, 5.41) is 12.6. The van der Waals surface area contributed by atoms with Crippen molar-refractivity contribution in [3.8, 4) is 17.6 Å². The van der Waals surface area contributed by atoms with Crippen molar-refractivity contribution in [1.29, 1.82) is 5.26 Å². The summed E-state index contributed by atoms with van der Waals surface area (Å²) < 4.78 is 16.6. The van der Waals surface area contributed by atoms with Crippen LogP contribution in [-0.4, -0.2) is 25.8 Å². The molecular weight excluding hydrogens is 346 g/mol. The minimum absolute atomic E-state index is 0.206. The Morgan fingerprint density at radius 3 is 2.52 bits per heavy atom. The zero-order valence-corrected chi connectivity index (χ0v) is 16.1. The first kappa shape index (κ1) is 20.2. The molecule has 0 aromatic heterocycles. The zero-order valence-electron chi connectivity index (χ0n) is 16.1. The molecule has 1 aromatic rings. The van der Waals surface area contributed by atoms with Crippen molar-refractivity contribution in [2.45, 2.75) is 33.6 Å². The Hall–Kier alpha value is -3.14. The molecule has 0 spiro atoms. The third-order valence-corrected chi connectivity index (χ3v) is 4.11. The van der Waals surface area contributed by atoms with Crippen LogP contribution in [0.3, 0.4) is 0 Å². The Morgan fingerprint density at radius 1 is 1.22 bits per heavy atom. The van der Waals surface area contributed by atoms with E-state index in [1.807, 2.05) is 13.8 Å². The molecule has 1 aromatic carbocycles. The summed E-state index contributed by atoms with van der Waals surface area (Å²) in [6.07, 6.45) is 0. The van der Waals surface area contributed by atoms with Crippen LogP contribution >= 0.6 is 0 Å². The molecule has 0 saturated carbocycles. The maximum atomic E-state index is 12.7. The van der Waals surface area contributed by atoms with E-state index < -0.39 is 11.9 Å². The number of allylic oxidation sites excluding steroid dienone is 2. The molecule has 1 aliphatic heterocycles. The number of carbonyl (C=O) groups is 1. The molecule has 1 aliphatic rings. The average molecular weight is 371 g/mol. The Balaban J connectivity index is 2.71. The van der Waals surface area contributed by atoms with E-state index in [1.54, 1.807) is 32.0 Å². The van der Waals surface area contributed by atoms with Gasteiger partial charge < -0.3 is 25.3 Å². The van der Waals surface area contributed by atoms with Gasteiger partial charge in [0.15, 0.2) is 0 Å². The molecule has 144 valence electrons. The second kappa shape index (κ2) is 8.99. The van der Waals surface area contributed by atoms with Gasteiger partial charge in [-0.05, 0) is 45.9 Å². The van der Waals surface area contributed by atoms with Crippen molar-refractivity contribution in [2.24, 2.45) is 5.73 Å². The lowest BCUT2D eigenvalue weighted by Gasteiger charge is -2.29. The van der Waals surface area contributed by atoms with E-state index in [0.717, 1.165) is 0 Å². The molecule has 7 heteroatoms. The van der Waals surface area contributed by atoms with Gasteiger partial charge in [-0.25, -0.2) is 4.79 Å². The highest BCUT2D eigenvalue weighted by molar-refractivity contribution is 5.93. The van der Waals surface area contributed by atoms with Crippen LogP contribution in [0.25, 0.3) is 0 Å². The van der Waals surface area contributed by atoms with Gasteiger partial charge in [0.25, 0.3) is 0 Å². The minimum Gasteiger partial charge on any atom is -0.494 e. The van der Waals surface area contributed by atoms with E-state index >= 15 is 0 Å². The fraction of sp³-hybridized carbons (Fsp3) is 0.400. The monoisotopic (exact) mass is 371 g/mol. The van der Waals surface area contributed by atoms with Gasteiger partial charge in [-0.15, -0.1) is 0 Å². The number of benzene rings is 1. The Labute approximate surface area is 159 Å². The molecule has 27 heavy (non-hydrogen) atoms. The van der Waals surface area contributed by atoms with Crippen molar-refractivity contribution < 1.29 is 19.0 Å². The second-order valence-electron chi connectivity index (χ2n) is 5.82. The fourth-order valence-electron chi connectivity index (χ4n) is 3.06. The van der Waals surface area contributed by atoms with Crippen LogP contribution in [0.5, 0.6) is 11.5 Å². The number of rotatable bonds is 7. The molecule has 0 amide bonds. The van der Waals surface area contributed by atoms with Gasteiger partial charge in [0.1, 0.15) is 17.3 Å². The number of nitriles is 1. The van der Waals surface area contributed by atoms with E-state index in [4.69, 9.17) is 19.9 Å². The second-order valence-corrected chi connectivity index (χ2v) is 5.82. The third kappa shape index (κ3) is 4.17. The predicted octanol–water partition coefficient (Wildman–Crippen LogP) is 2.70. The van der Waals surface area contributed by atoms with Crippen LogP contribution < -0.4 is 20.5 Å². The summed E-state index contributed by atoms with van der Waals surface area (Å²) in [7, 11) is 0. The highest BCUT2D eigenvalue weighted by Gasteiger charge is 2.36. The quantitative estimate of drug-likeness (QED) is 0.710. The van der Waals surface area contributed by atoms with Gasteiger partial charge >= 0.3 is 5.97 Å². The van der Waals surface area contributed by atoms with Crippen molar-refractivity contribution in [1.82, 2.24) is 5.32 Å². The van der Waals surface area contributed by atoms with Crippen molar-refractivity contribution in [3.63, 3.8) is 0 Å². The number of hydrogen-bond donors (Lipinski definition) is 2. The minimum atomic E-state index is -0.711. The van der Waals surface area contributed by atoms with E-state index in [9.17, 15) is 10.1 Å². The molecule has 1 heterocycles. The van der Waals surface area contributed by atoms with Crippen LogP contribution in [0.4, 0.5) is 0 Å². The molecule has 0 bridgehead atoms. The summed E-state index contributed by atoms with van der Waals surface area (Å²) in [5.74, 6) is 0.167. The molecule has 0 radical (unpaired) electrons. The van der Waals surface area contributed by atoms with Gasteiger partial charge in [-0.3, -0.25) is 0 Å². The molecule has 2 rings (SSSR count). The summed E-state index contributed by atoms with van der Waals surface area (Å²) in [5.41, 5.74) is 7.79. The first-order chi connectivity index (χ1) is 13.0. The molecule has 0 aliphatic carbocycles. The predicted molar refractivity (Wildman–Crippen MR) is 101 cm³/mol. The smallest absolute Gasteiger partial charge is 0.336 e. The highest BCUT2D eigenvalue weighted by Crippen LogP contribution is 2.42. The molecule has 7 nitrogen and oxygen atoms in total. The number of ether oxygens (including phenoxy) is 3. The summed E-state index contributed by atoms with van der Waals surface area (Å²) in [6.45, 7) is 8.36. The lowest BCUT2D eigenvalue weighted by Crippen LogP contribution is -2.33. The van der Waals surface area contributed by atoms with E-state index in [0.29, 0.717) is 41.5 Å². The van der Waals surface area contributed by atoms with Crippen LogP contribution in [0.2, 0.25) is 0 Å². The van der Waals surface area contributed by atoms with Crippen molar-refractivity contribution >= 4 is 5.97 Å². The number of nitrogens with one attached hydrogen (secondary N) is 1. The van der Waals surface area contributed by atoms with Gasteiger partial charge in [0.2, 0.25) is 0 Å². The zero-order chi connectivity index (χ0) is 20.0. The number of esters is 1. The van der Waals surface area contributed by atoms with Gasteiger partial charge in [0.05, 0.1) is 43.0 Å². The van der Waals surface area contributed by atoms with Gasteiger partial charge in [-0.1, -0.05) is 0 Å². The number of dihydropyridines is 1. The maximum absolute atomic E-state index is 12.7. The van der Waals surface area contributed by atoms with Crippen LogP contribution in [0.1, 0.15) is 39.2 Å². The van der Waals surface area contributed by atoms with E-state index in [2.05, 4.69) is 11.4 Å². The first-order valence-electron chi connectivity index (χ1n) is 8.92. The Bertz CT molecular complexity index is 821. The normalized spacial score (nSPS) is 16.5. The lowest BCUT2D eigenvalue weighted by molar-refractivity contribution is -0.138. The fourth-order valence-corrected chi connectivity index (χ4v) is 3.06. The summed E-state index contributed by atoms with van der Waals surface area (Å²) in [4.78, 5) is 12.7. The number of nitrogens with two attached hydrogens (primary N) is 1. The largest absolute Gasteiger partial charge is 0.494 e. The van der Waals surface area contributed by atoms with Crippen LogP contribution in [0, 0.1) is 11.3 Å². The SMILES string of the molecule is CCOC(=O)C1=C(C)NC(N)=C(C#N)C1c1cc(OCC)ccc1OCC. The highest BCUT2D eigenvalue weighted by atomic mass is 16.5. The van der Waals surface area contributed by atoms with Gasteiger partial charge in [-0.2, -0.15) is 5.26 Å². The van der Waals surface area contributed by atoms with Crippen LogP contribution in [-0.2, 0) is 9.53 Å². The standard InChI is InChI=1S/C20H25N3O4/c1-5-25-13-8-9-16(26-6-2)14(10-13)18-15(11-21)19(22)23-12(4)17(18)20(24)27-7-3/h8-10,18,23H,5-7,22H2,1-4H3. The lowest BCUT2D eigenvalue weighted by atomic mass is 9.81. The summed E-state index contributed by atoms with van der Waals surface area (Å²) in [6, 6.07) is 7.47. The van der Waals surface area contributed by atoms with E-state index in [-0.39, 0.29) is 18.0 Å². The molecule has 1 atom stereocenters. The maximum Gasteiger partial charge on any atom is 0.336 e. The number of nitrogens with zero attached hydrogens (tertiary/aromatic N) is 1. The van der Waals surface area contributed by atoms with Crippen LogP contribution in [0.15, 0.2) is 40.9 Å². The van der Waals surface area contributed by atoms with E-state index in [1.165, 1.54) is 0 Å². The van der Waals surface area contributed by atoms with Crippen molar-refractivity contribution in [2.75, 3.05) is 19.8 Å². The number of hydrogen-bond acceptors (Lipinski definition) is 7. The molecule has 0 fully saturated rings. The third-order valence-electron chi connectivity index (χ3n) is 4.11. The molecule has 3 N–H and O–H groups in total. The summed E-state index contributed by atoms with van der Waals surface area (Å²) >= 11 is 0. The first-order valence-corrected chi connectivity index (χ1v) is 8.92. The number of carbonyl (C=O) groups excluding carboxylic acids is 1. The van der Waals surface area contributed by atoms with Gasteiger partial charge in [0, 0.05) is 11.3 Å². The molecule has 1 unspecified atom stereocenters. The topological polar surface area (TPSA) is 107 Å². The Kier molecular flexibility index (Phi) is 6.72. The molecule has 0 saturated heterocycles. The Morgan fingerprint density at radius 2 is 1.93 bits per heavy atom. The molecular formula is C20H25N3O4. The van der Waals surface area contributed by atoms with Crippen molar-refractivity contribution in [3.05, 3.63) is 46.4 Å². The average Bonchev–Trinajstić information content (AvgIpc) is 2.63.